The van der Waals surface area contributed by atoms with Crippen LogP contribution < -0.4 is 0 Å². The summed E-state index contributed by atoms with van der Waals surface area (Å²) >= 11 is 4.13. The minimum Gasteiger partial charge on any atom is -0.126 e. The number of hydrogen-bond donors (Lipinski definition) is 0. The van der Waals surface area contributed by atoms with Crippen LogP contribution in [0.3, 0.4) is 0 Å². The largest absolute Gasteiger partial charge is 0.127 e. The first-order chi connectivity index (χ1) is 6.20. The number of halogens is 1. The molecule has 0 N–H and O–H groups in total. The molecule has 1 unspecified atom stereocenters. The van der Waals surface area contributed by atoms with Gasteiger partial charge in [-0.1, -0.05) is 50.9 Å². The third kappa shape index (κ3) is 3.88. The molecule has 0 saturated carbocycles. The van der Waals surface area contributed by atoms with Gasteiger partial charge in [0, 0.05) is 8.80 Å². The van der Waals surface area contributed by atoms with Crippen molar-refractivity contribution in [3.63, 3.8) is 0 Å². The summed E-state index contributed by atoms with van der Waals surface area (Å²) in [5, 5.41) is 0. The molecular weight excluding hydrogens is 256 g/mol. The molecule has 0 nitrogen and oxygen atoms in total. The Balaban J connectivity index is 2.39. The van der Waals surface area contributed by atoms with Gasteiger partial charge in [-0.3, -0.25) is 0 Å². The van der Waals surface area contributed by atoms with Gasteiger partial charge >= 0.3 is 0 Å². The van der Waals surface area contributed by atoms with Crippen molar-refractivity contribution in [1.82, 2.24) is 0 Å². The molecule has 0 aromatic heterocycles. The van der Waals surface area contributed by atoms with Gasteiger partial charge in [0.1, 0.15) is 6.69 Å². The van der Waals surface area contributed by atoms with Gasteiger partial charge in [0.2, 0.25) is 0 Å². The molecule has 1 radical (unpaired) electrons. The van der Waals surface area contributed by atoms with E-state index in [1.165, 1.54) is 18.9 Å². The summed E-state index contributed by atoms with van der Waals surface area (Å²) < 4.78 is 0. The second kappa shape index (κ2) is 5.71. The van der Waals surface area contributed by atoms with Gasteiger partial charge in [0.05, 0.1) is 0 Å². The molecule has 0 aromatic carbocycles. The molecule has 77 valence electrons. The molecule has 1 aliphatic heterocycles. The molecular formula is C10H22BrSi2. The SMILES string of the molecule is CCC[Si]1CCC[Si](Br)(CCC)C1. The van der Waals surface area contributed by atoms with E-state index in [-0.39, 0.29) is 8.80 Å². The summed E-state index contributed by atoms with van der Waals surface area (Å²) in [5.41, 5.74) is 1.67. The first-order valence-electron chi connectivity index (χ1n) is 5.72. The zero-order chi connectivity index (χ0) is 9.73. The van der Waals surface area contributed by atoms with E-state index in [9.17, 15) is 0 Å². The van der Waals surface area contributed by atoms with Crippen LogP contribution in [0.4, 0.5) is 0 Å². The van der Waals surface area contributed by atoms with Crippen LogP contribution in [-0.2, 0) is 0 Å². The second-order valence-corrected chi connectivity index (χ2v) is 16.7. The fourth-order valence-corrected chi connectivity index (χ4v) is 18.5. The summed E-state index contributed by atoms with van der Waals surface area (Å²) in [6.45, 7) is 3.82. The lowest BCUT2D eigenvalue weighted by Gasteiger charge is -2.33. The predicted molar refractivity (Wildman–Crippen MR) is 69.7 cm³/mol. The van der Waals surface area contributed by atoms with Crippen molar-refractivity contribution in [2.75, 3.05) is 0 Å². The van der Waals surface area contributed by atoms with E-state index in [4.69, 9.17) is 0 Å². The smallest absolute Gasteiger partial charge is 0.126 e. The van der Waals surface area contributed by atoms with Gasteiger partial charge in [-0.2, -0.15) is 0 Å². The molecule has 1 saturated heterocycles. The number of rotatable bonds is 4. The number of hydrogen-bond acceptors (Lipinski definition) is 0. The fraction of sp³-hybridized carbons (Fsp3) is 1.00. The van der Waals surface area contributed by atoms with Gasteiger partial charge in [0.25, 0.3) is 0 Å². The van der Waals surface area contributed by atoms with Crippen molar-refractivity contribution in [3.05, 3.63) is 0 Å². The highest BCUT2D eigenvalue weighted by atomic mass is 79.9. The van der Waals surface area contributed by atoms with E-state index in [0.29, 0.717) is 0 Å². The van der Waals surface area contributed by atoms with Crippen molar-refractivity contribution >= 4 is 30.8 Å². The third-order valence-corrected chi connectivity index (χ3v) is 17.4. The summed E-state index contributed by atoms with van der Waals surface area (Å²) in [6.07, 6.45) is 4.38. The van der Waals surface area contributed by atoms with Gasteiger partial charge < -0.3 is 0 Å². The Morgan fingerprint density at radius 2 is 2.08 bits per heavy atom. The van der Waals surface area contributed by atoms with E-state index in [0.717, 1.165) is 0 Å². The predicted octanol–water partition coefficient (Wildman–Crippen LogP) is 4.58. The Kier molecular flexibility index (Phi) is 5.27. The van der Waals surface area contributed by atoms with E-state index in [1.54, 1.807) is 30.2 Å². The highest BCUT2D eigenvalue weighted by Gasteiger charge is 2.35. The van der Waals surface area contributed by atoms with E-state index in [2.05, 4.69) is 29.1 Å². The molecule has 0 amide bonds. The molecule has 0 bridgehead atoms. The van der Waals surface area contributed by atoms with Crippen LogP contribution >= 0.6 is 15.3 Å². The zero-order valence-corrected chi connectivity index (χ0v) is 12.6. The standard InChI is InChI=1S/C10H22BrSi2/c1-3-6-12-7-5-9-13(11,10-12)8-4-2/h3-10H2,1-2H3. The zero-order valence-electron chi connectivity index (χ0n) is 9.03. The fourth-order valence-electron chi connectivity index (χ4n) is 2.51. The monoisotopic (exact) mass is 277 g/mol. The quantitative estimate of drug-likeness (QED) is 0.521. The first-order valence-corrected chi connectivity index (χ1v) is 12.7. The van der Waals surface area contributed by atoms with Gasteiger partial charge in [-0.25, -0.2) is 0 Å². The van der Waals surface area contributed by atoms with Crippen LogP contribution in [0.2, 0.25) is 29.8 Å². The molecule has 1 heterocycles. The molecule has 0 aromatic rings. The van der Waals surface area contributed by atoms with Crippen LogP contribution in [0.25, 0.3) is 0 Å². The van der Waals surface area contributed by atoms with Crippen molar-refractivity contribution in [3.8, 4) is 0 Å². The van der Waals surface area contributed by atoms with Crippen LogP contribution in [0.1, 0.15) is 33.1 Å². The maximum atomic E-state index is 4.13. The van der Waals surface area contributed by atoms with Crippen molar-refractivity contribution in [1.29, 1.82) is 0 Å². The van der Waals surface area contributed by atoms with Gasteiger partial charge in [-0.15, -0.1) is 15.3 Å². The van der Waals surface area contributed by atoms with Crippen molar-refractivity contribution < 1.29 is 0 Å². The minimum atomic E-state index is -0.879. The molecule has 1 fully saturated rings. The Bertz CT molecular complexity index is 146. The lowest BCUT2D eigenvalue weighted by Crippen LogP contribution is -2.37. The summed E-state index contributed by atoms with van der Waals surface area (Å²) in [6, 6.07) is 6.29. The normalized spacial score (nSPS) is 30.7. The molecule has 1 rings (SSSR count). The third-order valence-electron chi connectivity index (χ3n) is 3.02. The van der Waals surface area contributed by atoms with Crippen molar-refractivity contribution in [2.45, 2.75) is 63.0 Å². The Morgan fingerprint density at radius 3 is 2.69 bits per heavy atom. The lowest BCUT2D eigenvalue weighted by atomic mass is 10.5. The van der Waals surface area contributed by atoms with E-state index < -0.39 is 6.69 Å². The molecule has 3 heteroatoms. The molecule has 13 heavy (non-hydrogen) atoms. The van der Waals surface area contributed by atoms with Crippen LogP contribution in [0, 0.1) is 0 Å². The van der Waals surface area contributed by atoms with Crippen LogP contribution in [0.15, 0.2) is 0 Å². The highest BCUT2D eigenvalue weighted by Crippen LogP contribution is 2.38. The van der Waals surface area contributed by atoms with Gasteiger partial charge in [-0.05, 0) is 12.1 Å². The van der Waals surface area contributed by atoms with E-state index >= 15 is 0 Å². The Labute approximate surface area is 93.7 Å². The maximum Gasteiger partial charge on any atom is 0.127 e. The van der Waals surface area contributed by atoms with Crippen LogP contribution in [0.5, 0.6) is 0 Å². The first kappa shape index (κ1) is 12.0. The lowest BCUT2D eigenvalue weighted by molar-refractivity contribution is 0.941. The van der Waals surface area contributed by atoms with E-state index in [1.807, 2.05) is 0 Å². The summed E-state index contributed by atoms with van der Waals surface area (Å²) in [4.78, 5) is 0. The summed E-state index contributed by atoms with van der Waals surface area (Å²) in [7, 11) is 0.0878. The molecule has 0 aliphatic carbocycles. The molecule has 1 atom stereocenters. The van der Waals surface area contributed by atoms with Gasteiger partial charge in [0.15, 0.2) is 0 Å². The average molecular weight is 278 g/mol. The molecule has 0 spiro atoms. The summed E-state index contributed by atoms with van der Waals surface area (Å²) in [5.74, 6) is 0. The Hall–Kier alpha value is 0.914. The Morgan fingerprint density at radius 1 is 1.31 bits per heavy atom. The van der Waals surface area contributed by atoms with Crippen LogP contribution in [-0.4, -0.2) is 15.5 Å². The topological polar surface area (TPSA) is 0 Å². The second-order valence-electron chi connectivity index (χ2n) is 4.43. The van der Waals surface area contributed by atoms with Crippen molar-refractivity contribution in [2.24, 2.45) is 0 Å². The maximum absolute atomic E-state index is 4.13. The minimum absolute atomic E-state index is 0.0878. The average Bonchev–Trinajstić information content (AvgIpc) is 2.04. The highest BCUT2D eigenvalue weighted by molar-refractivity contribution is 9.26. The molecule has 1 aliphatic rings.